The van der Waals surface area contributed by atoms with Crippen molar-refractivity contribution in [2.45, 2.75) is 37.0 Å². The third kappa shape index (κ3) is 6.68. The zero-order chi connectivity index (χ0) is 24.5. The lowest BCUT2D eigenvalue weighted by Crippen LogP contribution is -2.31. The zero-order valence-electron chi connectivity index (χ0n) is 19.9. The molecular weight excluding hydrogens is 456 g/mol. The highest BCUT2D eigenvalue weighted by Gasteiger charge is 2.24. The van der Waals surface area contributed by atoms with E-state index >= 15 is 0 Å². The molecule has 0 atom stereocenters. The Hall–Kier alpha value is -3.22. The topological polar surface area (TPSA) is 66.5 Å². The molecule has 0 spiro atoms. The van der Waals surface area contributed by atoms with Crippen molar-refractivity contribution in [2.75, 3.05) is 19.6 Å². The maximum Gasteiger partial charge on any atom is 0.251 e. The van der Waals surface area contributed by atoms with Gasteiger partial charge in [-0.25, -0.2) is 8.42 Å². The molecule has 0 bridgehead atoms. The van der Waals surface area contributed by atoms with Crippen LogP contribution in [-0.4, -0.2) is 38.3 Å². The van der Waals surface area contributed by atoms with Gasteiger partial charge in [-0.1, -0.05) is 85.6 Å². The summed E-state index contributed by atoms with van der Waals surface area (Å²) in [6.45, 7) is 1.64. The number of rotatable bonds is 8. The van der Waals surface area contributed by atoms with Crippen molar-refractivity contribution in [2.24, 2.45) is 0 Å². The molecule has 5 nitrogen and oxygen atoms in total. The second kappa shape index (κ2) is 12.0. The van der Waals surface area contributed by atoms with Crippen LogP contribution in [-0.2, 0) is 21.2 Å². The van der Waals surface area contributed by atoms with Crippen LogP contribution in [0.4, 0.5) is 0 Å². The molecule has 6 heteroatoms. The van der Waals surface area contributed by atoms with Gasteiger partial charge in [-0.15, -0.1) is 0 Å². The molecule has 3 aromatic carbocycles. The summed E-state index contributed by atoms with van der Waals surface area (Å²) < 4.78 is 27.6. The molecule has 1 fully saturated rings. The van der Waals surface area contributed by atoms with Gasteiger partial charge >= 0.3 is 0 Å². The Morgan fingerprint density at radius 3 is 2.03 bits per heavy atom. The standard InChI is InChI=1S/C29H32N2O3S/c32-29(28(26-13-7-4-8-14-26)23-25-11-5-3-6-12-25)30-20-19-24-15-17-27(18-16-24)35(33,34)31-21-9-1-2-10-22-31/h3-8,11-18,23H,1-2,9-10,19-22H2,(H,30,32)/b28-23-. The summed E-state index contributed by atoms with van der Waals surface area (Å²) in [5.74, 6) is -0.139. The molecule has 1 amide bonds. The van der Waals surface area contributed by atoms with Gasteiger partial charge in [-0.05, 0) is 54.2 Å². The molecule has 1 aliphatic rings. The van der Waals surface area contributed by atoms with Gasteiger partial charge in [-0.3, -0.25) is 4.79 Å². The number of hydrogen-bond acceptors (Lipinski definition) is 3. The van der Waals surface area contributed by atoms with Crippen molar-refractivity contribution in [3.8, 4) is 0 Å². The maximum absolute atomic E-state index is 13.1. The first kappa shape index (κ1) is 24.9. The number of carbonyl (C=O) groups is 1. The Labute approximate surface area is 208 Å². The van der Waals surface area contributed by atoms with E-state index in [1.807, 2.05) is 78.9 Å². The second-order valence-corrected chi connectivity index (χ2v) is 10.7. The molecule has 1 N–H and O–H groups in total. The smallest absolute Gasteiger partial charge is 0.251 e. The van der Waals surface area contributed by atoms with E-state index in [2.05, 4.69) is 5.32 Å². The van der Waals surface area contributed by atoms with Crippen LogP contribution in [0.5, 0.6) is 0 Å². The third-order valence-corrected chi connectivity index (χ3v) is 8.18. The molecule has 3 aromatic rings. The minimum Gasteiger partial charge on any atom is -0.352 e. The molecular formula is C29H32N2O3S. The fraction of sp³-hybridized carbons (Fsp3) is 0.276. The number of carbonyl (C=O) groups excluding carboxylic acids is 1. The lowest BCUT2D eigenvalue weighted by atomic mass is 10.0. The van der Waals surface area contributed by atoms with Gasteiger partial charge in [0.15, 0.2) is 0 Å². The molecule has 1 saturated heterocycles. The summed E-state index contributed by atoms with van der Waals surface area (Å²) in [6, 6.07) is 26.5. The van der Waals surface area contributed by atoms with Crippen LogP contribution in [0, 0.1) is 0 Å². The largest absolute Gasteiger partial charge is 0.352 e. The van der Waals surface area contributed by atoms with Gasteiger partial charge < -0.3 is 5.32 Å². The normalized spacial score (nSPS) is 15.4. The minimum absolute atomic E-state index is 0.139. The van der Waals surface area contributed by atoms with Gasteiger partial charge in [0, 0.05) is 25.2 Å². The van der Waals surface area contributed by atoms with E-state index in [1.54, 1.807) is 16.4 Å². The van der Waals surface area contributed by atoms with E-state index < -0.39 is 10.0 Å². The summed E-state index contributed by atoms with van der Waals surface area (Å²) in [6.07, 6.45) is 6.52. The van der Waals surface area contributed by atoms with Crippen molar-refractivity contribution < 1.29 is 13.2 Å². The van der Waals surface area contributed by atoms with Crippen molar-refractivity contribution in [3.05, 3.63) is 102 Å². The van der Waals surface area contributed by atoms with Crippen LogP contribution in [0.2, 0.25) is 0 Å². The number of hydrogen-bond donors (Lipinski definition) is 1. The van der Waals surface area contributed by atoms with Crippen molar-refractivity contribution in [1.82, 2.24) is 9.62 Å². The van der Waals surface area contributed by atoms with Crippen LogP contribution >= 0.6 is 0 Å². The molecule has 182 valence electrons. The van der Waals surface area contributed by atoms with Gasteiger partial charge in [0.05, 0.1) is 4.90 Å². The van der Waals surface area contributed by atoms with E-state index in [9.17, 15) is 13.2 Å². The molecule has 0 radical (unpaired) electrons. The first-order chi connectivity index (χ1) is 17.0. The first-order valence-corrected chi connectivity index (χ1v) is 13.7. The van der Waals surface area contributed by atoms with Crippen molar-refractivity contribution >= 4 is 27.6 Å². The molecule has 0 aliphatic carbocycles. The summed E-state index contributed by atoms with van der Waals surface area (Å²) in [7, 11) is -3.45. The molecule has 35 heavy (non-hydrogen) atoms. The second-order valence-electron chi connectivity index (χ2n) is 8.80. The van der Waals surface area contributed by atoms with Crippen LogP contribution in [0.15, 0.2) is 89.8 Å². The van der Waals surface area contributed by atoms with Crippen LogP contribution in [0.3, 0.4) is 0 Å². The zero-order valence-corrected chi connectivity index (χ0v) is 20.7. The van der Waals surface area contributed by atoms with Gasteiger partial charge in [0.1, 0.15) is 0 Å². The Morgan fingerprint density at radius 2 is 1.40 bits per heavy atom. The fourth-order valence-corrected chi connectivity index (χ4v) is 5.81. The fourth-order valence-electron chi connectivity index (χ4n) is 4.29. The number of nitrogens with zero attached hydrogens (tertiary/aromatic N) is 1. The number of sulfonamides is 1. The Balaban J connectivity index is 1.39. The number of nitrogens with one attached hydrogen (secondary N) is 1. The Morgan fingerprint density at radius 1 is 0.800 bits per heavy atom. The van der Waals surface area contributed by atoms with Crippen molar-refractivity contribution in [1.29, 1.82) is 0 Å². The summed E-state index contributed by atoms with van der Waals surface area (Å²) in [4.78, 5) is 13.4. The van der Waals surface area contributed by atoms with E-state index in [0.29, 0.717) is 36.5 Å². The average molecular weight is 489 g/mol. The first-order valence-electron chi connectivity index (χ1n) is 12.2. The van der Waals surface area contributed by atoms with E-state index in [-0.39, 0.29) is 5.91 Å². The monoisotopic (exact) mass is 488 g/mol. The third-order valence-electron chi connectivity index (χ3n) is 6.27. The average Bonchev–Trinajstić information content (AvgIpc) is 3.19. The van der Waals surface area contributed by atoms with E-state index in [4.69, 9.17) is 0 Å². The highest BCUT2D eigenvalue weighted by molar-refractivity contribution is 7.89. The summed E-state index contributed by atoms with van der Waals surface area (Å²) in [5, 5.41) is 3.02. The highest BCUT2D eigenvalue weighted by Crippen LogP contribution is 2.21. The van der Waals surface area contributed by atoms with Gasteiger partial charge in [0.25, 0.3) is 5.91 Å². The molecule has 4 rings (SSSR count). The minimum atomic E-state index is -3.45. The predicted molar refractivity (Wildman–Crippen MR) is 141 cm³/mol. The molecule has 0 saturated carbocycles. The van der Waals surface area contributed by atoms with Crippen LogP contribution < -0.4 is 5.32 Å². The van der Waals surface area contributed by atoms with Crippen molar-refractivity contribution in [3.63, 3.8) is 0 Å². The lowest BCUT2D eigenvalue weighted by molar-refractivity contribution is -0.115. The van der Waals surface area contributed by atoms with Crippen LogP contribution in [0.25, 0.3) is 11.6 Å². The van der Waals surface area contributed by atoms with E-state index in [1.165, 1.54) is 0 Å². The SMILES string of the molecule is O=C(NCCc1ccc(S(=O)(=O)N2CCCCCC2)cc1)/C(=C\c1ccccc1)c1ccccc1. The van der Waals surface area contributed by atoms with Crippen LogP contribution in [0.1, 0.15) is 42.4 Å². The number of benzene rings is 3. The predicted octanol–water partition coefficient (Wildman–Crippen LogP) is 5.15. The summed E-state index contributed by atoms with van der Waals surface area (Å²) >= 11 is 0. The highest BCUT2D eigenvalue weighted by atomic mass is 32.2. The summed E-state index contributed by atoms with van der Waals surface area (Å²) in [5.41, 5.74) is 3.41. The lowest BCUT2D eigenvalue weighted by Gasteiger charge is -2.20. The quantitative estimate of drug-likeness (QED) is 0.352. The molecule has 0 unspecified atom stereocenters. The number of amides is 1. The van der Waals surface area contributed by atoms with Gasteiger partial charge in [0.2, 0.25) is 10.0 Å². The molecule has 0 aromatic heterocycles. The Bertz CT molecular complexity index is 1230. The molecule has 1 aliphatic heterocycles. The Kier molecular flexibility index (Phi) is 8.50. The maximum atomic E-state index is 13.1. The molecule has 1 heterocycles. The van der Waals surface area contributed by atoms with E-state index in [0.717, 1.165) is 42.4 Å². The van der Waals surface area contributed by atoms with Gasteiger partial charge in [-0.2, -0.15) is 4.31 Å².